The first-order valence-electron chi connectivity index (χ1n) is 12.7. The summed E-state index contributed by atoms with van der Waals surface area (Å²) in [6.45, 7) is 6.76. The number of fused-ring (bicyclic) bond motifs is 4. The Hall–Kier alpha value is -4.38. The maximum Gasteiger partial charge on any atom is 0.258 e. The Bertz CT molecular complexity index is 1520. The van der Waals surface area contributed by atoms with Gasteiger partial charge in [0.2, 0.25) is 5.91 Å². The van der Waals surface area contributed by atoms with Crippen LogP contribution in [0, 0.1) is 0 Å². The Balaban J connectivity index is 1.21. The minimum absolute atomic E-state index is 0.0344. The minimum Gasteiger partial charge on any atom is -0.356 e. The first kappa shape index (κ1) is 23.0. The van der Waals surface area contributed by atoms with E-state index in [1.165, 1.54) is 11.1 Å². The summed E-state index contributed by atoms with van der Waals surface area (Å²) >= 11 is 0. The predicted octanol–water partition coefficient (Wildman–Crippen LogP) is 5.69. The van der Waals surface area contributed by atoms with Crippen LogP contribution in [0.15, 0.2) is 103 Å². The van der Waals surface area contributed by atoms with Crippen molar-refractivity contribution in [3.63, 3.8) is 0 Å². The zero-order valence-electron chi connectivity index (χ0n) is 20.9. The summed E-state index contributed by atoms with van der Waals surface area (Å²) < 4.78 is 0. The fourth-order valence-corrected chi connectivity index (χ4v) is 5.95. The van der Waals surface area contributed by atoms with Gasteiger partial charge in [-0.1, -0.05) is 61.2 Å². The predicted molar refractivity (Wildman–Crippen MR) is 149 cm³/mol. The summed E-state index contributed by atoms with van der Waals surface area (Å²) in [6.07, 6.45) is 7.74. The highest BCUT2D eigenvalue weighted by Crippen LogP contribution is 2.47. The molecule has 0 bridgehead atoms. The van der Waals surface area contributed by atoms with Crippen LogP contribution < -0.4 is 15.5 Å². The topological polar surface area (TPSA) is 61.4 Å². The van der Waals surface area contributed by atoms with Gasteiger partial charge in [0.15, 0.2) is 0 Å². The van der Waals surface area contributed by atoms with Crippen molar-refractivity contribution in [2.24, 2.45) is 0 Å². The van der Waals surface area contributed by atoms with E-state index in [0.717, 1.165) is 34.6 Å². The Morgan fingerprint density at radius 3 is 2.68 bits per heavy atom. The van der Waals surface area contributed by atoms with E-state index in [1.54, 1.807) is 6.08 Å². The Morgan fingerprint density at radius 1 is 1.03 bits per heavy atom. The number of rotatable bonds is 5. The number of nitrogens with zero attached hydrogens (tertiary/aromatic N) is 1. The number of benzene rings is 3. The lowest BCUT2D eigenvalue weighted by atomic mass is 9.79. The second-order valence-corrected chi connectivity index (χ2v) is 10.0. The molecule has 1 atom stereocenters. The van der Waals surface area contributed by atoms with E-state index in [0.29, 0.717) is 30.7 Å². The van der Waals surface area contributed by atoms with Gasteiger partial charge >= 0.3 is 0 Å². The number of carbonyl (C=O) groups excluding carboxylic acids is 2. The van der Waals surface area contributed by atoms with E-state index in [4.69, 9.17) is 0 Å². The summed E-state index contributed by atoms with van der Waals surface area (Å²) in [5.74, 6) is 0.0394. The third-order valence-corrected chi connectivity index (χ3v) is 7.68. The van der Waals surface area contributed by atoms with Gasteiger partial charge in [0.05, 0.1) is 5.41 Å². The zero-order chi connectivity index (χ0) is 25.6. The van der Waals surface area contributed by atoms with Gasteiger partial charge in [-0.2, -0.15) is 0 Å². The molecule has 0 aromatic heterocycles. The van der Waals surface area contributed by atoms with Gasteiger partial charge in [0.1, 0.15) is 0 Å². The molecule has 1 spiro atoms. The summed E-state index contributed by atoms with van der Waals surface area (Å²) in [4.78, 5) is 28.3. The second kappa shape index (κ2) is 8.93. The zero-order valence-corrected chi connectivity index (χ0v) is 20.9. The van der Waals surface area contributed by atoms with Crippen molar-refractivity contribution < 1.29 is 9.59 Å². The van der Waals surface area contributed by atoms with E-state index in [2.05, 4.69) is 41.5 Å². The minimum atomic E-state index is -0.536. The SMILES string of the molecule is C=C(/C=C(\C=C/C)C(=O)N1CCc2ccccc21)Nc1ccc2c(c1)CC1(C2)C(=O)Nc2ccccc21. The number of nitrogens with one attached hydrogen (secondary N) is 2. The van der Waals surface area contributed by atoms with Crippen LogP contribution in [-0.4, -0.2) is 18.4 Å². The summed E-state index contributed by atoms with van der Waals surface area (Å²) in [5.41, 5.74) is 8.09. The van der Waals surface area contributed by atoms with Crippen molar-refractivity contribution in [1.29, 1.82) is 0 Å². The summed E-state index contributed by atoms with van der Waals surface area (Å²) in [5, 5.41) is 6.42. The third kappa shape index (κ3) is 3.87. The highest BCUT2D eigenvalue weighted by atomic mass is 16.2. The molecule has 0 saturated carbocycles. The van der Waals surface area contributed by atoms with Gasteiger partial charge in [0, 0.05) is 34.9 Å². The maximum absolute atomic E-state index is 13.4. The third-order valence-electron chi connectivity index (χ3n) is 7.68. The normalized spacial score (nSPS) is 19.6. The molecule has 37 heavy (non-hydrogen) atoms. The first-order valence-corrected chi connectivity index (χ1v) is 12.7. The molecule has 3 aromatic rings. The van der Waals surface area contributed by atoms with E-state index < -0.39 is 5.41 Å². The molecule has 1 aliphatic carbocycles. The molecule has 3 aliphatic rings. The molecular formula is C32H29N3O2. The van der Waals surface area contributed by atoms with Crippen LogP contribution in [0.2, 0.25) is 0 Å². The fourth-order valence-electron chi connectivity index (χ4n) is 5.95. The first-order chi connectivity index (χ1) is 18.0. The lowest BCUT2D eigenvalue weighted by Gasteiger charge is -2.20. The molecule has 0 fully saturated rings. The molecule has 2 aliphatic heterocycles. The summed E-state index contributed by atoms with van der Waals surface area (Å²) in [7, 11) is 0. The quantitative estimate of drug-likeness (QED) is 0.359. The number of para-hydroxylation sites is 2. The van der Waals surface area contributed by atoms with Crippen LogP contribution in [0.5, 0.6) is 0 Å². The van der Waals surface area contributed by atoms with Crippen LogP contribution in [0.4, 0.5) is 17.1 Å². The van der Waals surface area contributed by atoms with Crippen molar-refractivity contribution in [2.45, 2.75) is 31.6 Å². The van der Waals surface area contributed by atoms with E-state index in [1.807, 2.05) is 66.4 Å². The van der Waals surface area contributed by atoms with Crippen LogP contribution in [0.25, 0.3) is 0 Å². The Kier molecular flexibility index (Phi) is 5.56. The van der Waals surface area contributed by atoms with Crippen molar-refractivity contribution in [3.8, 4) is 0 Å². The number of allylic oxidation sites excluding steroid dienone is 2. The molecule has 5 heteroatoms. The molecule has 2 amide bonds. The number of anilines is 3. The lowest BCUT2D eigenvalue weighted by Crippen LogP contribution is -2.35. The van der Waals surface area contributed by atoms with Gasteiger partial charge in [-0.15, -0.1) is 0 Å². The largest absolute Gasteiger partial charge is 0.356 e. The molecule has 184 valence electrons. The van der Waals surface area contributed by atoms with Gasteiger partial charge in [-0.3, -0.25) is 9.59 Å². The molecule has 2 N–H and O–H groups in total. The van der Waals surface area contributed by atoms with E-state index in [-0.39, 0.29) is 11.8 Å². The average Bonchev–Trinajstić information content (AvgIpc) is 3.57. The highest BCUT2D eigenvalue weighted by molar-refractivity contribution is 6.09. The molecule has 6 rings (SSSR count). The number of hydrogen-bond acceptors (Lipinski definition) is 3. The van der Waals surface area contributed by atoms with E-state index >= 15 is 0 Å². The van der Waals surface area contributed by atoms with Crippen LogP contribution in [0.1, 0.15) is 29.2 Å². The molecule has 2 heterocycles. The van der Waals surface area contributed by atoms with Gasteiger partial charge < -0.3 is 15.5 Å². The van der Waals surface area contributed by atoms with Crippen molar-refractivity contribution in [3.05, 3.63) is 125 Å². The number of hydrogen-bond donors (Lipinski definition) is 2. The molecule has 0 saturated heterocycles. The van der Waals surface area contributed by atoms with Gasteiger partial charge in [-0.25, -0.2) is 0 Å². The van der Waals surface area contributed by atoms with Crippen molar-refractivity contribution >= 4 is 28.9 Å². The van der Waals surface area contributed by atoms with E-state index in [9.17, 15) is 9.59 Å². The molecule has 5 nitrogen and oxygen atoms in total. The maximum atomic E-state index is 13.4. The lowest BCUT2D eigenvalue weighted by molar-refractivity contribution is -0.120. The molecule has 0 radical (unpaired) electrons. The Morgan fingerprint density at radius 2 is 1.81 bits per heavy atom. The smallest absolute Gasteiger partial charge is 0.258 e. The van der Waals surface area contributed by atoms with Crippen LogP contribution in [0.3, 0.4) is 0 Å². The Labute approximate surface area is 217 Å². The van der Waals surface area contributed by atoms with Crippen LogP contribution in [-0.2, 0) is 34.3 Å². The molecular weight excluding hydrogens is 458 g/mol. The fraction of sp³-hybridized carbons (Fsp3) is 0.188. The molecule has 3 aromatic carbocycles. The average molecular weight is 488 g/mol. The van der Waals surface area contributed by atoms with Gasteiger partial charge in [0.25, 0.3) is 5.91 Å². The summed E-state index contributed by atoms with van der Waals surface area (Å²) in [6, 6.07) is 22.3. The highest BCUT2D eigenvalue weighted by Gasteiger charge is 2.50. The van der Waals surface area contributed by atoms with Gasteiger partial charge in [-0.05, 0) is 78.8 Å². The monoisotopic (exact) mass is 487 g/mol. The van der Waals surface area contributed by atoms with Crippen molar-refractivity contribution in [2.75, 3.05) is 22.1 Å². The number of amides is 2. The van der Waals surface area contributed by atoms with Crippen molar-refractivity contribution in [1.82, 2.24) is 0 Å². The van der Waals surface area contributed by atoms with Crippen LogP contribution >= 0.6 is 0 Å². The standard InChI is InChI=1S/C32H29N3O2/c1-3-8-23(30(36)35-16-15-22-9-4-7-12-29(22)35)17-21(2)33-26-14-13-24-19-32(20-25(24)18-26)27-10-5-6-11-28(27)34-31(32)37/h3-14,17-18,33H,2,15-16,19-20H2,1H3,(H,34,37)/b8-3-,23-17+. The molecule has 1 unspecified atom stereocenters. The number of carbonyl (C=O) groups is 2. The second-order valence-electron chi connectivity index (χ2n) is 10.0.